The second-order valence-corrected chi connectivity index (χ2v) is 4.89. The summed E-state index contributed by atoms with van der Waals surface area (Å²) in [4.78, 5) is 19.5. The number of carbonyl (C=O) groups excluding carboxylic acids is 1. The van der Waals surface area contributed by atoms with Crippen LogP contribution in [-0.2, 0) is 5.75 Å². The van der Waals surface area contributed by atoms with Crippen LogP contribution in [0.5, 0.6) is 0 Å². The number of nitrogens with one attached hydrogen (secondary N) is 1. The molecule has 9 heteroatoms. The third-order valence-corrected chi connectivity index (χ3v) is 3.30. The molecule has 0 saturated heterocycles. The van der Waals surface area contributed by atoms with Crippen LogP contribution < -0.4 is 22.7 Å². The van der Waals surface area contributed by atoms with E-state index in [1.165, 1.54) is 17.8 Å². The summed E-state index contributed by atoms with van der Waals surface area (Å²) >= 11 is 1.30. The van der Waals surface area contributed by atoms with Gasteiger partial charge in [-0.25, -0.2) is 15.8 Å². The zero-order valence-electron chi connectivity index (χ0n) is 10.7. The molecule has 0 aliphatic heterocycles. The van der Waals surface area contributed by atoms with E-state index in [2.05, 4.69) is 15.4 Å². The molecule has 0 spiro atoms. The summed E-state index contributed by atoms with van der Waals surface area (Å²) in [5, 5.41) is 0.446. The van der Waals surface area contributed by atoms with Gasteiger partial charge in [0, 0.05) is 6.07 Å². The van der Waals surface area contributed by atoms with Crippen LogP contribution in [0.15, 0.2) is 21.7 Å². The van der Waals surface area contributed by atoms with Gasteiger partial charge in [-0.1, -0.05) is 11.8 Å². The average Bonchev–Trinajstić information content (AvgIpc) is 2.76. The minimum Gasteiger partial charge on any atom is -0.465 e. The maximum absolute atomic E-state index is 11.5. The summed E-state index contributed by atoms with van der Waals surface area (Å²) in [5.74, 6) is 6.85. The molecule has 7 N–H and O–H groups in total. The third-order valence-electron chi connectivity index (χ3n) is 2.43. The number of rotatable bonds is 4. The second kappa shape index (κ2) is 5.80. The molecule has 0 bridgehead atoms. The molecule has 0 saturated carbocycles. The number of hydrogen-bond acceptors (Lipinski definition) is 8. The number of thioether (sulfide) groups is 1. The standard InChI is InChI=1S/C11H14N6O2S/c1-5-7(10(18)17-14)2-6(19-5)4-20-11-15-8(12)3-9(13)16-11/h2-3H,4,14H2,1H3,(H,17,18)(H4,12,13,15,16). The molecule has 2 heterocycles. The van der Waals surface area contributed by atoms with Gasteiger partial charge in [0.25, 0.3) is 5.91 Å². The highest BCUT2D eigenvalue weighted by Gasteiger charge is 2.14. The van der Waals surface area contributed by atoms with E-state index < -0.39 is 5.91 Å². The van der Waals surface area contributed by atoms with Gasteiger partial charge in [0.2, 0.25) is 0 Å². The molecule has 2 aromatic heterocycles. The number of nitrogen functional groups attached to an aromatic ring is 3. The molecule has 1 amide bonds. The minimum absolute atomic E-state index is 0.304. The Morgan fingerprint density at radius 2 is 2.00 bits per heavy atom. The topological polar surface area (TPSA) is 146 Å². The molecule has 0 unspecified atom stereocenters. The highest BCUT2D eigenvalue weighted by Crippen LogP contribution is 2.24. The van der Waals surface area contributed by atoms with Gasteiger partial charge in [-0.15, -0.1) is 0 Å². The Labute approximate surface area is 119 Å². The van der Waals surface area contributed by atoms with Crippen LogP contribution in [0.2, 0.25) is 0 Å². The zero-order chi connectivity index (χ0) is 14.7. The molecule has 0 fully saturated rings. The lowest BCUT2D eigenvalue weighted by Crippen LogP contribution is -2.30. The molecule has 0 radical (unpaired) electrons. The summed E-state index contributed by atoms with van der Waals surface area (Å²) in [6, 6.07) is 3.10. The van der Waals surface area contributed by atoms with Crippen molar-refractivity contribution in [1.82, 2.24) is 15.4 Å². The van der Waals surface area contributed by atoms with E-state index in [9.17, 15) is 4.79 Å². The number of nitrogens with two attached hydrogens (primary N) is 3. The van der Waals surface area contributed by atoms with Crippen molar-refractivity contribution in [3.05, 3.63) is 29.2 Å². The van der Waals surface area contributed by atoms with Gasteiger partial charge in [0.15, 0.2) is 5.16 Å². The smallest absolute Gasteiger partial charge is 0.268 e. The summed E-state index contributed by atoms with van der Waals surface area (Å²) in [6.07, 6.45) is 0. The summed E-state index contributed by atoms with van der Waals surface area (Å²) in [6.45, 7) is 1.69. The van der Waals surface area contributed by atoms with Gasteiger partial charge in [-0.05, 0) is 13.0 Å². The highest BCUT2D eigenvalue weighted by atomic mass is 32.2. The Bertz CT molecular complexity index is 622. The number of aryl methyl sites for hydroxylation is 1. The maximum atomic E-state index is 11.5. The molecular weight excluding hydrogens is 280 g/mol. The fourth-order valence-electron chi connectivity index (χ4n) is 1.58. The Balaban J connectivity index is 2.09. The Morgan fingerprint density at radius 1 is 1.35 bits per heavy atom. The molecular formula is C11H14N6O2S. The first-order chi connectivity index (χ1) is 9.49. The number of amides is 1. The third kappa shape index (κ3) is 3.19. The summed E-state index contributed by atoms with van der Waals surface area (Å²) < 4.78 is 5.46. The molecule has 0 atom stereocenters. The van der Waals surface area contributed by atoms with E-state index >= 15 is 0 Å². The van der Waals surface area contributed by atoms with Crippen molar-refractivity contribution in [2.75, 3.05) is 11.5 Å². The van der Waals surface area contributed by atoms with Gasteiger partial charge in [-0.3, -0.25) is 10.2 Å². The molecule has 106 valence electrons. The molecule has 0 aliphatic carbocycles. The average molecular weight is 294 g/mol. The molecule has 0 aliphatic rings. The van der Waals surface area contributed by atoms with Crippen molar-refractivity contribution >= 4 is 29.3 Å². The molecule has 0 aromatic carbocycles. The van der Waals surface area contributed by atoms with E-state index in [1.807, 2.05) is 0 Å². The second-order valence-electron chi connectivity index (χ2n) is 3.94. The van der Waals surface area contributed by atoms with Crippen LogP contribution in [0.4, 0.5) is 11.6 Å². The van der Waals surface area contributed by atoms with Gasteiger partial charge in [0.1, 0.15) is 23.2 Å². The number of anilines is 2. The molecule has 2 rings (SSSR count). The van der Waals surface area contributed by atoms with Gasteiger partial charge in [0.05, 0.1) is 11.3 Å². The summed E-state index contributed by atoms with van der Waals surface area (Å²) in [5.41, 5.74) is 13.6. The normalized spacial score (nSPS) is 10.5. The van der Waals surface area contributed by atoms with Crippen molar-refractivity contribution in [1.29, 1.82) is 0 Å². The molecule has 20 heavy (non-hydrogen) atoms. The number of furan rings is 1. The van der Waals surface area contributed by atoms with Gasteiger partial charge >= 0.3 is 0 Å². The molecule has 2 aromatic rings. The Kier molecular flexibility index (Phi) is 4.11. The fourth-order valence-corrected chi connectivity index (χ4v) is 2.33. The van der Waals surface area contributed by atoms with Crippen molar-refractivity contribution in [2.24, 2.45) is 5.84 Å². The van der Waals surface area contributed by atoms with E-state index in [0.29, 0.717) is 39.6 Å². The van der Waals surface area contributed by atoms with Crippen molar-refractivity contribution in [3.63, 3.8) is 0 Å². The lowest BCUT2D eigenvalue weighted by atomic mass is 10.2. The van der Waals surface area contributed by atoms with Crippen LogP contribution in [0.1, 0.15) is 21.9 Å². The Hall–Kier alpha value is -2.26. The first kappa shape index (κ1) is 14.2. The number of hydrazine groups is 1. The minimum atomic E-state index is -0.396. The van der Waals surface area contributed by atoms with E-state index in [0.717, 1.165) is 0 Å². The molecule has 8 nitrogen and oxygen atoms in total. The van der Waals surface area contributed by atoms with Crippen LogP contribution >= 0.6 is 11.8 Å². The quantitative estimate of drug-likeness (QED) is 0.209. The number of aromatic nitrogens is 2. The largest absolute Gasteiger partial charge is 0.465 e. The van der Waals surface area contributed by atoms with Crippen LogP contribution in [0, 0.1) is 6.92 Å². The van der Waals surface area contributed by atoms with E-state index in [1.54, 1.807) is 13.0 Å². The van der Waals surface area contributed by atoms with Crippen molar-refractivity contribution < 1.29 is 9.21 Å². The predicted octanol–water partition coefficient (Wildman–Crippen LogP) is 0.438. The number of carbonyl (C=O) groups is 1. The van der Waals surface area contributed by atoms with Crippen molar-refractivity contribution in [3.8, 4) is 0 Å². The lowest BCUT2D eigenvalue weighted by molar-refractivity contribution is 0.0952. The number of hydrogen-bond donors (Lipinski definition) is 4. The van der Waals surface area contributed by atoms with Crippen LogP contribution in [0.25, 0.3) is 0 Å². The first-order valence-electron chi connectivity index (χ1n) is 5.62. The van der Waals surface area contributed by atoms with Crippen LogP contribution in [-0.4, -0.2) is 15.9 Å². The van der Waals surface area contributed by atoms with E-state index in [4.69, 9.17) is 21.7 Å². The fraction of sp³-hybridized carbons (Fsp3) is 0.182. The zero-order valence-corrected chi connectivity index (χ0v) is 11.5. The first-order valence-corrected chi connectivity index (χ1v) is 6.61. The van der Waals surface area contributed by atoms with Gasteiger partial charge < -0.3 is 15.9 Å². The Morgan fingerprint density at radius 3 is 2.60 bits per heavy atom. The monoisotopic (exact) mass is 294 g/mol. The number of nitrogens with zero attached hydrogens (tertiary/aromatic N) is 2. The van der Waals surface area contributed by atoms with Crippen molar-refractivity contribution in [2.45, 2.75) is 17.8 Å². The predicted molar refractivity (Wildman–Crippen MR) is 75.5 cm³/mol. The lowest BCUT2D eigenvalue weighted by Gasteiger charge is -2.00. The van der Waals surface area contributed by atoms with E-state index in [-0.39, 0.29) is 0 Å². The maximum Gasteiger partial charge on any atom is 0.268 e. The van der Waals surface area contributed by atoms with Gasteiger partial charge in [-0.2, -0.15) is 0 Å². The van der Waals surface area contributed by atoms with Crippen LogP contribution in [0.3, 0.4) is 0 Å². The SMILES string of the molecule is Cc1oc(CSc2nc(N)cc(N)n2)cc1C(=O)NN. The summed E-state index contributed by atoms with van der Waals surface area (Å²) in [7, 11) is 0. The highest BCUT2D eigenvalue weighted by molar-refractivity contribution is 7.98.